The molecule has 1 fully saturated rings. The Bertz CT molecular complexity index is 1200. The van der Waals surface area contributed by atoms with E-state index in [-0.39, 0.29) is 23.9 Å². The van der Waals surface area contributed by atoms with Crippen LogP contribution < -0.4 is 14.8 Å². The highest BCUT2D eigenvalue weighted by molar-refractivity contribution is 5.88. The fourth-order valence-corrected chi connectivity index (χ4v) is 3.95. The van der Waals surface area contributed by atoms with Crippen LogP contribution in [0.3, 0.4) is 0 Å². The van der Waals surface area contributed by atoms with Gasteiger partial charge in [0.2, 0.25) is 11.9 Å². The van der Waals surface area contributed by atoms with Gasteiger partial charge in [-0.15, -0.1) is 0 Å². The van der Waals surface area contributed by atoms with Gasteiger partial charge < -0.3 is 13.9 Å². The van der Waals surface area contributed by atoms with Crippen molar-refractivity contribution in [3.8, 4) is 23.3 Å². The number of carbonyl (C=O) groups excluding carboxylic acids is 1. The molecule has 1 atom stereocenters. The number of hydrogen-bond acceptors (Lipinski definition) is 7. The van der Waals surface area contributed by atoms with Crippen LogP contribution in [0.1, 0.15) is 67.7 Å². The summed E-state index contributed by atoms with van der Waals surface area (Å²) in [4.78, 5) is 24.4. The van der Waals surface area contributed by atoms with Gasteiger partial charge >= 0.3 is 0 Å². The van der Waals surface area contributed by atoms with Gasteiger partial charge in [0.25, 0.3) is 0 Å². The highest BCUT2D eigenvalue weighted by Crippen LogP contribution is 2.35. The van der Waals surface area contributed by atoms with Gasteiger partial charge in [-0.1, -0.05) is 24.8 Å². The number of methoxy groups -OCH3 is 1. The number of carbonyl (C=O) groups is 1. The van der Waals surface area contributed by atoms with Gasteiger partial charge in [0.1, 0.15) is 6.26 Å². The second-order valence-corrected chi connectivity index (χ2v) is 8.54. The van der Waals surface area contributed by atoms with Gasteiger partial charge in [-0.3, -0.25) is 10.1 Å². The molecular formula is C27H30N4O4. The van der Waals surface area contributed by atoms with Crippen LogP contribution in [0.4, 0.5) is 5.95 Å². The first-order chi connectivity index (χ1) is 17.0. The first-order valence-corrected chi connectivity index (χ1v) is 11.9. The van der Waals surface area contributed by atoms with E-state index in [0.717, 1.165) is 29.8 Å². The lowest BCUT2D eigenvalue weighted by Gasteiger charge is -2.18. The number of nitrogens with one attached hydrogen (secondary N) is 1. The molecule has 0 spiro atoms. The maximum absolute atomic E-state index is 11.5. The van der Waals surface area contributed by atoms with Crippen molar-refractivity contribution in [2.45, 2.75) is 64.4 Å². The number of rotatable bonds is 8. The molecule has 8 heteroatoms. The van der Waals surface area contributed by atoms with E-state index in [1.807, 2.05) is 25.1 Å². The molecule has 1 aliphatic rings. The molecule has 0 bridgehead atoms. The topological polar surface area (TPSA) is 99.4 Å². The Labute approximate surface area is 205 Å². The third-order valence-corrected chi connectivity index (χ3v) is 5.85. The summed E-state index contributed by atoms with van der Waals surface area (Å²) in [6, 6.07) is 5.92. The van der Waals surface area contributed by atoms with E-state index in [0.29, 0.717) is 30.0 Å². The number of aryl methyl sites for hydroxylation is 1. The number of nitrogens with zero attached hydrogens (tertiary/aromatic N) is 3. The van der Waals surface area contributed by atoms with Gasteiger partial charge in [0.05, 0.1) is 30.4 Å². The molecule has 1 amide bonds. The van der Waals surface area contributed by atoms with E-state index in [9.17, 15) is 4.79 Å². The lowest BCUT2D eigenvalue weighted by Crippen LogP contribution is -2.12. The quantitative estimate of drug-likeness (QED) is 0.467. The fourth-order valence-electron chi connectivity index (χ4n) is 3.95. The zero-order chi connectivity index (χ0) is 24.6. The molecule has 8 nitrogen and oxygen atoms in total. The van der Waals surface area contributed by atoms with E-state index in [2.05, 4.69) is 32.1 Å². The number of benzene rings is 1. The second-order valence-electron chi connectivity index (χ2n) is 8.54. The molecule has 182 valence electrons. The van der Waals surface area contributed by atoms with E-state index in [1.54, 1.807) is 32.7 Å². The number of amides is 1. The molecule has 1 aromatic carbocycles. The summed E-state index contributed by atoms with van der Waals surface area (Å²) in [6.45, 7) is 3.67. The minimum atomic E-state index is -0.204. The van der Waals surface area contributed by atoms with E-state index in [4.69, 9.17) is 13.9 Å². The van der Waals surface area contributed by atoms with Gasteiger partial charge in [0.15, 0.2) is 17.4 Å². The normalized spacial score (nSPS) is 14.1. The zero-order valence-electron chi connectivity index (χ0n) is 20.3. The van der Waals surface area contributed by atoms with Crippen molar-refractivity contribution in [1.82, 2.24) is 15.0 Å². The number of oxazole rings is 1. The fraction of sp³-hybridized carbons (Fsp3) is 0.407. The molecule has 3 aromatic rings. The summed E-state index contributed by atoms with van der Waals surface area (Å²) in [5, 5.41) is 2.64. The van der Waals surface area contributed by atoms with Crippen molar-refractivity contribution in [2.24, 2.45) is 0 Å². The Kier molecular flexibility index (Phi) is 7.99. The average molecular weight is 475 g/mol. The van der Waals surface area contributed by atoms with Crippen molar-refractivity contribution < 1.29 is 18.7 Å². The maximum atomic E-state index is 11.5. The summed E-state index contributed by atoms with van der Waals surface area (Å²) in [5.41, 5.74) is 2.45. The van der Waals surface area contributed by atoms with Gasteiger partial charge in [-0.05, 0) is 50.3 Å². The van der Waals surface area contributed by atoms with Crippen LogP contribution in [0.5, 0.6) is 11.5 Å². The van der Waals surface area contributed by atoms with Crippen LogP contribution >= 0.6 is 0 Å². The molecule has 35 heavy (non-hydrogen) atoms. The van der Waals surface area contributed by atoms with Crippen molar-refractivity contribution in [1.29, 1.82) is 0 Å². The number of ether oxygens (including phenoxy) is 2. The van der Waals surface area contributed by atoms with Crippen LogP contribution in [0.25, 0.3) is 0 Å². The van der Waals surface area contributed by atoms with E-state index in [1.165, 1.54) is 12.8 Å². The lowest BCUT2D eigenvalue weighted by molar-refractivity contribution is -0.115. The molecule has 1 unspecified atom stereocenters. The standard InChI is InChI=1S/C27H30N4O4/c1-4-25(32)31-27-28-15-19(16-29-27)9-10-21(14-26-30-18(2)17-34-26)20-11-12-23(33-3)24(13-20)35-22-7-5-6-8-22/h11-13,15-17,21-22H,4-8,14H2,1-3H3,(H,28,29,31,32). The van der Waals surface area contributed by atoms with Crippen LogP contribution in [0, 0.1) is 18.8 Å². The summed E-state index contributed by atoms with van der Waals surface area (Å²) < 4.78 is 17.5. The van der Waals surface area contributed by atoms with E-state index >= 15 is 0 Å². The van der Waals surface area contributed by atoms with Crippen LogP contribution in [-0.4, -0.2) is 34.1 Å². The molecule has 1 N–H and O–H groups in total. The predicted octanol–water partition coefficient (Wildman–Crippen LogP) is 4.83. The molecule has 0 aliphatic heterocycles. The average Bonchev–Trinajstić information content (AvgIpc) is 3.54. The summed E-state index contributed by atoms with van der Waals surface area (Å²) in [7, 11) is 1.65. The molecule has 0 radical (unpaired) electrons. The molecule has 1 aliphatic carbocycles. The van der Waals surface area contributed by atoms with Gasteiger partial charge in [-0.2, -0.15) is 0 Å². The monoisotopic (exact) mass is 474 g/mol. The largest absolute Gasteiger partial charge is 0.493 e. The molecule has 1 saturated carbocycles. The van der Waals surface area contributed by atoms with Crippen LogP contribution in [-0.2, 0) is 11.2 Å². The molecule has 2 aromatic heterocycles. The van der Waals surface area contributed by atoms with Crippen LogP contribution in [0.15, 0.2) is 41.3 Å². The Hall–Kier alpha value is -3.86. The summed E-state index contributed by atoms with van der Waals surface area (Å²) >= 11 is 0. The number of hydrogen-bond donors (Lipinski definition) is 1. The van der Waals surface area contributed by atoms with Crippen molar-refractivity contribution in [2.75, 3.05) is 12.4 Å². The van der Waals surface area contributed by atoms with Crippen LogP contribution in [0.2, 0.25) is 0 Å². The summed E-state index contributed by atoms with van der Waals surface area (Å²) in [5.74, 6) is 8.45. The predicted molar refractivity (Wildman–Crippen MR) is 131 cm³/mol. The first kappa shape index (κ1) is 24.3. The molecule has 4 rings (SSSR count). The number of anilines is 1. The zero-order valence-corrected chi connectivity index (χ0v) is 20.3. The highest BCUT2D eigenvalue weighted by Gasteiger charge is 2.21. The Balaban J connectivity index is 1.60. The minimum absolute atomic E-state index is 0.139. The highest BCUT2D eigenvalue weighted by atomic mass is 16.5. The smallest absolute Gasteiger partial charge is 0.229 e. The Morgan fingerprint density at radius 3 is 2.66 bits per heavy atom. The van der Waals surface area contributed by atoms with Crippen molar-refractivity contribution >= 4 is 11.9 Å². The lowest BCUT2D eigenvalue weighted by atomic mass is 9.95. The van der Waals surface area contributed by atoms with Crippen molar-refractivity contribution in [3.05, 3.63) is 59.6 Å². The minimum Gasteiger partial charge on any atom is -0.493 e. The molecular weight excluding hydrogens is 444 g/mol. The van der Waals surface area contributed by atoms with E-state index < -0.39 is 0 Å². The van der Waals surface area contributed by atoms with Gasteiger partial charge in [0, 0.05) is 25.2 Å². The SMILES string of the molecule is CCC(=O)Nc1ncc(C#CC(Cc2nc(C)co2)c2ccc(OC)c(OC3CCCC3)c2)cn1. The van der Waals surface area contributed by atoms with Gasteiger partial charge in [-0.25, -0.2) is 15.0 Å². The molecule has 2 heterocycles. The second kappa shape index (κ2) is 11.5. The first-order valence-electron chi connectivity index (χ1n) is 11.9. The molecule has 0 saturated heterocycles. The van der Waals surface area contributed by atoms with Crippen molar-refractivity contribution in [3.63, 3.8) is 0 Å². The third kappa shape index (κ3) is 6.60. The third-order valence-electron chi connectivity index (χ3n) is 5.85. The Morgan fingerprint density at radius 1 is 1.23 bits per heavy atom. The number of aromatic nitrogens is 3. The summed E-state index contributed by atoms with van der Waals surface area (Å²) in [6.07, 6.45) is 10.4. The Morgan fingerprint density at radius 2 is 2.00 bits per heavy atom. The maximum Gasteiger partial charge on any atom is 0.229 e.